The summed E-state index contributed by atoms with van der Waals surface area (Å²) in [5.41, 5.74) is -3.33. The summed E-state index contributed by atoms with van der Waals surface area (Å²) in [5, 5.41) is 60.9. The van der Waals surface area contributed by atoms with Crippen molar-refractivity contribution in [3.8, 4) is 0 Å². The zero-order valence-electron chi connectivity index (χ0n) is 39.3. The number of likely N-dealkylation sites (N-methyl/N-ethyl adjacent to an activating group) is 1. The molecule has 3 rings (SSSR count). The van der Waals surface area contributed by atoms with Crippen LogP contribution in [-0.4, -0.2) is 162 Å². The quantitative estimate of drug-likeness (QED) is 0.114. The number of Topliss-reactive ketones (excluding diaryl/α,β-unsaturated/α-hetero) is 1. The van der Waals surface area contributed by atoms with E-state index in [4.69, 9.17) is 33.3 Å². The number of rotatable bonds is 15. The van der Waals surface area contributed by atoms with E-state index in [9.17, 15) is 30.3 Å². The first kappa shape index (κ1) is 53.0. The van der Waals surface area contributed by atoms with Gasteiger partial charge in [0.2, 0.25) is 0 Å². The molecule has 2 saturated heterocycles. The predicted octanol–water partition coefficient (Wildman–Crippen LogP) is 4.46. The van der Waals surface area contributed by atoms with E-state index >= 15 is 0 Å². The molecule has 3 aliphatic rings. The summed E-state index contributed by atoms with van der Waals surface area (Å²) in [5.74, 6) is -3.30. The Hall–Kier alpha value is -1.34. The fourth-order valence-electron chi connectivity index (χ4n) is 9.95. The fourth-order valence-corrected chi connectivity index (χ4v) is 9.95. The number of aliphatic hydroxyl groups is 5. The molecule has 0 aromatic heterocycles. The highest BCUT2D eigenvalue weighted by atomic mass is 16.7. The topological polar surface area (TPSA) is 198 Å². The first-order chi connectivity index (χ1) is 28.0. The Morgan fingerprint density at radius 2 is 1.48 bits per heavy atom. The van der Waals surface area contributed by atoms with E-state index in [1.54, 1.807) is 34.8 Å². The molecule has 1 aliphatic carbocycles. The molecule has 0 spiro atoms. The van der Waals surface area contributed by atoms with Crippen molar-refractivity contribution in [2.75, 3.05) is 41.5 Å². The molecule has 0 amide bonds. The molecule has 2 heterocycles. The molecule has 15 heteroatoms. The van der Waals surface area contributed by atoms with Crippen LogP contribution in [-0.2, 0) is 38.1 Å². The van der Waals surface area contributed by atoms with E-state index in [-0.39, 0.29) is 43.8 Å². The third kappa shape index (κ3) is 12.7. The van der Waals surface area contributed by atoms with Crippen LogP contribution in [0.5, 0.6) is 0 Å². The standard InChI is InChI=1S/C45H84N2O13/c1-15-32-23-34(49)28(4)38(59-35-25-43(8,54-13)40(52)31(7)58-35)30(6)41(60-42-37(50)33(47(11)12)22-27(3)57-42)44(9,55-14)24-26(2)36(29(5)39(51)45(32,10)53)46-56-21-19-17-16-18-20-48/h26-33,35,37-42,48,50-53H,15-25H2,1-14H3/b46-36+/t26-,27-,28+,29+,30+,31+,32+,33+,35+,37-,38-,39-,40+,41-,42+,43-,44-,45-/m1/s1. The number of ether oxygens (including phenoxy) is 6. The Kier molecular flexibility index (Phi) is 20.3. The lowest BCUT2D eigenvalue weighted by molar-refractivity contribution is -0.318. The monoisotopic (exact) mass is 861 g/mol. The molecule has 18 atom stereocenters. The molecule has 5 N–H and O–H groups in total. The van der Waals surface area contributed by atoms with Gasteiger partial charge in [-0.2, -0.15) is 0 Å². The maximum atomic E-state index is 14.7. The smallest absolute Gasteiger partial charge is 0.185 e. The van der Waals surface area contributed by atoms with Crippen LogP contribution < -0.4 is 0 Å². The molecule has 2 aliphatic heterocycles. The summed E-state index contributed by atoms with van der Waals surface area (Å²) in [7, 11) is 6.96. The van der Waals surface area contributed by atoms with Gasteiger partial charge in [-0.15, -0.1) is 0 Å². The van der Waals surface area contributed by atoms with Gasteiger partial charge in [0.1, 0.15) is 24.6 Å². The van der Waals surface area contributed by atoms with Crippen LogP contribution in [0.3, 0.4) is 0 Å². The number of carbonyl (C=O) groups is 1. The highest BCUT2D eigenvalue weighted by Gasteiger charge is 2.53. The zero-order chi connectivity index (χ0) is 45.3. The summed E-state index contributed by atoms with van der Waals surface area (Å²) >= 11 is 0. The second-order valence-electron chi connectivity index (χ2n) is 19.2. The minimum Gasteiger partial charge on any atom is -0.396 e. The number of hydrogen-bond acceptors (Lipinski definition) is 15. The molecule has 3 fully saturated rings. The van der Waals surface area contributed by atoms with Gasteiger partial charge in [0.05, 0.1) is 53.0 Å². The van der Waals surface area contributed by atoms with Crippen molar-refractivity contribution < 1.29 is 63.6 Å². The lowest BCUT2D eigenvalue weighted by atomic mass is 9.69. The number of hydrogen-bond donors (Lipinski definition) is 5. The maximum absolute atomic E-state index is 14.7. The number of unbranched alkanes of at least 4 members (excludes halogenated alkanes) is 3. The fraction of sp³-hybridized carbons (Fsp3) is 0.956. The Balaban J connectivity index is 2.24. The minimum absolute atomic E-state index is 0.0522. The van der Waals surface area contributed by atoms with Gasteiger partial charge < -0.3 is 63.7 Å². The number of nitrogens with zero attached hydrogens (tertiary/aromatic N) is 2. The zero-order valence-corrected chi connectivity index (χ0v) is 39.3. The van der Waals surface area contributed by atoms with E-state index in [1.807, 2.05) is 60.5 Å². The highest BCUT2D eigenvalue weighted by Crippen LogP contribution is 2.43. The summed E-state index contributed by atoms with van der Waals surface area (Å²) in [6, 6.07) is -0.260. The van der Waals surface area contributed by atoms with Crippen LogP contribution in [0.2, 0.25) is 0 Å². The first-order valence-electron chi connectivity index (χ1n) is 22.5. The van der Waals surface area contributed by atoms with E-state index in [0.29, 0.717) is 31.6 Å². The van der Waals surface area contributed by atoms with Crippen molar-refractivity contribution in [1.82, 2.24) is 4.90 Å². The number of ketones is 1. The van der Waals surface area contributed by atoms with Gasteiger partial charge >= 0.3 is 0 Å². The van der Waals surface area contributed by atoms with Crippen molar-refractivity contribution in [2.24, 2.45) is 34.7 Å². The second kappa shape index (κ2) is 23.0. The lowest BCUT2D eigenvalue weighted by Crippen LogP contribution is -2.61. The summed E-state index contributed by atoms with van der Waals surface area (Å²) in [4.78, 5) is 22.6. The van der Waals surface area contributed by atoms with Crippen molar-refractivity contribution in [3.63, 3.8) is 0 Å². The normalized spacial score (nSPS) is 44.8. The average molecular weight is 861 g/mol. The number of carbonyl (C=O) groups excluding carboxylic acids is 1. The predicted molar refractivity (Wildman–Crippen MR) is 228 cm³/mol. The highest BCUT2D eigenvalue weighted by molar-refractivity contribution is 5.89. The average Bonchev–Trinajstić information content (AvgIpc) is 3.20. The second-order valence-corrected chi connectivity index (χ2v) is 19.2. The van der Waals surface area contributed by atoms with Crippen molar-refractivity contribution in [3.05, 3.63) is 0 Å². The van der Waals surface area contributed by atoms with E-state index in [0.717, 1.165) is 19.3 Å². The van der Waals surface area contributed by atoms with Gasteiger partial charge in [-0.25, -0.2) is 0 Å². The third-order valence-electron chi connectivity index (χ3n) is 14.2. The van der Waals surface area contributed by atoms with Gasteiger partial charge in [-0.1, -0.05) is 52.6 Å². The first-order valence-corrected chi connectivity index (χ1v) is 22.5. The molecule has 0 unspecified atom stereocenters. The molecule has 0 aromatic carbocycles. The Bertz CT molecular complexity index is 1340. The Morgan fingerprint density at radius 3 is 2.07 bits per heavy atom. The van der Waals surface area contributed by atoms with Crippen LogP contribution >= 0.6 is 0 Å². The van der Waals surface area contributed by atoms with E-state index < -0.39 is 95.6 Å². The van der Waals surface area contributed by atoms with E-state index in [1.165, 1.54) is 7.11 Å². The Labute approximate surface area is 360 Å². The van der Waals surface area contributed by atoms with Crippen LogP contribution in [0, 0.1) is 29.6 Å². The SMILES string of the molecule is CC[C@H]1CC(=O)[C@H](C)[C@@H](O[C@H]2C[C@@](C)(OC)[C@@H](O)[C@H](C)O2)[C@H](C)[C@@H](O[C@@H]2O[C@H](C)C[C@H](N(C)C)[C@H]2O)[C@](C)(OC)C[C@@H](C)/C(=N\OCCCCCCO)[C@H](C)[C@@H](O)[C@]1(C)O. The molecule has 0 radical (unpaired) electrons. The number of oxime groups is 1. The molecule has 0 aromatic rings. The van der Waals surface area contributed by atoms with Crippen molar-refractivity contribution in [2.45, 2.75) is 205 Å². The summed E-state index contributed by atoms with van der Waals surface area (Å²) < 4.78 is 38.9. The molecule has 15 nitrogen and oxygen atoms in total. The van der Waals surface area contributed by atoms with E-state index in [2.05, 4.69) is 5.16 Å². The van der Waals surface area contributed by atoms with Crippen molar-refractivity contribution in [1.29, 1.82) is 0 Å². The Morgan fingerprint density at radius 1 is 0.850 bits per heavy atom. The minimum atomic E-state index is -1.69. The number of methoxy groups -OCH3 is 2. The van der Waals surface area contributed by atoms with Crippen LogP contribution in [0.25, 0.3) is 0 Å². The van der Waals surface area contributed by atoms with Crippen LogP contribution in [0.1, 0.15) is 127 Å². The molecule has 60 heavy (non-hydrogen) atoms. The molecule has 0 bridgehead atoms. The van der Waals surface area contributed by atoms with Gasteiger partial charge in [0.25, 0.3) is 0 Å². The third-order valence-corrected chi connectivity index (χ3v) is 14.2. The summed E-state index contributed by atoms with van der Waals surface area (Å²) in [6.45, 7) is 18.9. The van der Waals surface area contributed by atoms with Crippen LogP contribution in [0.4, 0.5) is 0 Å². The molecule has 1 saturated carbocycles. The molecular formula is C45H84N2O13. The molecular weight excluding hydrogens is 776 g/mol. The summed E-state index contributed by atoms with van der Waals surface area (Å²) in [6.07, 6.45) is -3.29. The van der Waals surface area contributed by atoms with Gasteiger partial charge in [-0.3, -0.25) is 4.79 Å². The molecule has 352 valence electrons. The maximum Gasteiger partial charge on any atom is 0.185 e. The number of aliphatic hydroxyl groups excluding tert-OH is 4. The van der Waals surface area contributed by atoms with Gasteiger partial charge in [0, 0.05) is 63.4 Å². The van der Waals surface area contributed by atoms with Crippen molar-refractivity contribution >= 4 is 11.5 Å². The largest absolute Gasteiger partial charge is 0.396 e. The lowest BCUT2D eigenvalue weighted by Gasteiger charge is -2.50. The van der Waals surface area contributed by atoms with Crippen LogP contribution in [0.15, 0.2) is 5.16 Å². The van der Waals surface area contributed by atoms with Gasteiger partial charge in [0.15, 0.2) is 12.6 Å². The van der Waals surface area contributed by atoms with Gasteiger partial charge in [-0.05, 0) is 86.7 Å².